The molecule has 1 atom stereocenters. The summed E-state index contributed by atoms with van der Waals surface area (Å²) >= 11 is 0. The molecule has 2 aromatic carbocycles. The molecule has 5 amide bonds. The average Bonchev–Trinajstić information content (AvgIpc) is 3.52. The van der Waals surface area contributed by atoms with Crippen LogP contribution >= 0.6 is 0 Å². The van der Waals surface area contributed by atoms with E-state index in [-0.39, 0.29) is 41.1 Å². The summed E-state index contributed by atoms with van der Waals surface area (Å²) in [4.78, 5) is 66.4. The molecule has 14 heteroatoms. The normalized spacial score (nSPS) is 17.7. The molecule has 1 unspecified atom stereocenters. The maximum atomic E-state index is 13.4. The average molecular weight is 685 g/mol. The van der Waals surface area contributed by atoms with Crippen LogP contribution in [0, 0.1) is 36.5 Å². The molecule has 4 heterocycles. The van der Waals surface area contributed by atoms with Crippen molar-refractivity contribution >= 4 is 40.9 Å². The van der Waals surface area contributed by atoms with Crippen molar-refractivity contribution in [1.29, 1.82) is 0 Å². The number of benzene rings is 2. The highest BCUT2D eigenvalue weighted by molar-refractivity contribution is 6.23. The third-order valence-corrected chi connectivity index (χ3v) is 9.03. The topological polar surface area (TPSA) is 134 Å². The van der Waals surface area contributed by atoms with Crippen molar-refractivity contribution in [3.63, 3.8) is 0 Å². The highest BCUT2D eigenvalue weighted by Gasteiger charge is 2.45. The number of carbonyl (C=O) groups is 5. The van der Waals surface area contributed by atoms with Gasteiger partial charge in [-0.1, -0.05) is 17.8 Å². The van der Waals surface area contributed by atoms with Gasteiger partial charge in [-0.15, -0.1) is 5.92 Å². The second-order valence-electron chi connectivity index (χ2n) is 12.8. The van der Waals surface area contributed by atoms with E-state index in [1.54, 1.807) is 45.2 Å². The minimum atomic E-state index is -4.56. The number of imide groups is 2. The molecular formula is C36H31F3N6O5. The van der Waals surface area contributed by atoms with Gasteiger partial charge in [0.05, 0.1) is 45.7 Å². The van der Waals surface area contributed by atoms with Crippen LogP contribution in [0.1, 0.15) is 76.7 Å². The molecule has 0 bridgehead atoms. The third-order valence-electron chi connectivity index (χ3n) is 9.03. The lowest BCUT2D eigenvalue weighted by Crippen LogP contribution is -2.54. The maximum Gasteiger partial charge on any atom is 0.416 e. The first-order chi connectivity index (χ1) is 23.6. The lowest BCUT2D eigenvalue weighted by atomic mass is 9.98. The molecule has 1 aromatic heterocycles. The van der Waals surface area contributed by atoms with Crippen molar-refractivity contribution in [3.05, 3.63) is 76.1 Å². The highest BCUT2D eigenvalue weighted by atomic mass is 19.4. The van der Waals surface area contributed by atoms with Crippen LogP contribution in [-0.2, 0) is 26.1 Å². The van der Waals surface area contributed by atoms with Crippen LogP contribution < -0.4 is 15.5 Å². The number of nitrogens with zero attached hydrogens (tertiary/aromatic N) is 4. The van der Waals surface area contributed by atoms with Crippen LogP contribution in [0.25, 0.3) is 0 Å². The molecule has 0 radical (unpaired) electrons. The van der Waals surface area contributed by atoms with E-state index in [4.69, 9.17) is 0 Å². The second kappa shape index (κ2) is 12.5. The van der Waals surface area contributed by atoms with Gasteiger partial charge in [-0.2, -0.15) is 18.3 Å². The van der Waals surface area contributed by atoms with Gasteiger partial charge < -0.3 is 10.2 Å². The second-order valence-corrected chi connectivity index (χ2v) is 12.8. The van der Waals surface area contributed by atoms with Gasteiger partial charge in [-0.05, 0) is 70.5 Å². The first-order valence-electron chi connectivity index (χ1n) is 15.7. The van der Waals surface area contributed by atoms with Crippen LogP contribution in [0.5, 0.6) is 0 Å². The van der Waals surface area contributed by atoms with E-state index in [9.17, 15) is 37.1 Å². The van der Waals surface area contributed by atoms with E-state index in [1.165, 1.54) is 17.7 Å². The van der Waals surface area contributed by atoms with Crippen molar-refractivity contribution in [3.8, 4) is 23.7 Å². The summed E-state index contributed by atoms with van der Waals surface area (Å²) in [6.07, 6.45) is -2.88. The molecule has 3 aliphatic rings. The van der Waals surface area contributed by atoms with Crippen molar-refractivity contribution in [1.82, 2.24) is 20.0 Å². The van der Waals surface area contributed by atoms with E-state index in [1.807, 2.05) is 4.90 Å². The summed E-state index contributed by atoms with van der Waals surface area (Å²) < 4.78 is 41.3. The number of nitrogens with one attached hydrogen (secondary N) is 2. The number of rotatable bonds is 5. The molecule has 0 spiro atoms. The fourth-order valence-corrected chi connectivity index (χ4v) is 6.15. The SMILES string of the molecule is CC#Cc1cc(C(F)(F)F)ccc1NC(=O)C(C)(C)n1ncc(C#CC2CN(c3ccc4c(c3)C(=O)N(C3CCC(=O)NC3=O)C4=O)C2)c1C. The molecule has 50 heavy (non-hydrogen) atoms. The van der Waals surface area contributed by atoms with Gasteiger partial charge in [0.25, 0.3) is 17.7 Å². The predicted octanol–water partition coefficient (Wildman–Crippen LogP) is 3.84. The van der Waals surface area contributed by atoms with E-state index in [2.05, 4.69) is 39.4 Å². The van der Waals surface area contributed by atoms with E-state index < -0.39 is 52.9 Å². The summed E-state index contributed by atoms with van der Waals surface area (Å²) in [6.45, 7) is 7.65. The summed E-state index contributed by atoms with van der Waals surface area (Å²) in [5, 5.41) is 9.28. The number of aromatic nitrogens is 2. The molecule has 3 aliphatic heterocycles. The van der Waals surface area contributed by atoms with Gasteiger partial charge in [-0.25, -0.2) is 0 Å². The number of hydrogen-bond donors (Lipinski definition) is 2. The van der Waals surface area contributed by atoms with E-state index in [0.717, 1.165) is 22.7 Å². The molecule has 0 aliphatic carbocycles. The number of halogens is 3. The van der Waals surface area contributed by atoms with Gasteiger partial charge >= 0.3 is 6.18 Å². The summed E-state index contributed by atoms with van der Waals surface area (Å²) in [7, 11) is 0. The number of anilines is 2. The summed E-state index contributed by atoms with van der Waals surface area (Å²) in [5.41, 5.74) is 0.444. The van der Waals surface area contributed by atoms with Crippen molar-refractivity contribution in [2.24, 2.45) is 5.92 Å². The van der Waals surface area contributed by atoms with Gasteiger partial charge in [-0.3, -0.25) is 38.9 Å². The Kier molecular flexibility index (Phi) is 8.52. The van der Waals surface area contributed by atoms with Crippen LogP contribution in [-0.4, -0.2) is 63.3 Å². The molecular weight excluding hydrogens is 653 g/mol. The summed E-state index contributed by atoms with van der Waals surface area (Å²) in [6, 6.07) is 6.88. The predicted molar refractivity (Wildman–Crippen MR) is 175 cm³/mol. The Morgan fingerprint density at radius 3 is 2.38 bits per heavy atom. The van der Waals surface area contributed by atoms with Crippen LogP contribution in [0.2, 0.25) is 0 Å². The molecule has 2 saturated heterocycles. The largest absolute Gasteiger partial charge is 0.416 e. The molecule has 256 valence electrons. The molecule has 6 rings (SSSR count). The monoisotopic (exact) mass is 684 g/mol. The smallest absolute Gasteiger partial charge is 0.369 e. The van der Waals surface area contributed by atoms with Crippen LogP contribution in [0.3, 0.4) is 0 Å². The molecule has 3 aromatic rings. The van der Waals surface area contributed by atoms with Gasteiger partial charge in [0.2, 0.25) is 11.8 Å². The number of amides is 5. The fraction of sp³-hybridized carbons (Fsp3) is 0.333. The minimum absolute atomic E-state index is 0.0163. The van der Waals surface area contributed by atoms with Gasteiger partial charge in [0, 0.05) is 30.8 Å². The van der Waals surface area contributed by atoms with Crippen molar-refractivity contribution in [2.75, 3.05) is 23.3 Å². The quantitative estimate of drug-likeness (QED) is 0.308. The summed E-state index contributed by atoms with van der Waals surface area (Å²) in [5.74, 6) is 8.79. The lowest BCUT2D eigenvalue weighted by Gasteiger charge is -2.38. The van der Waals surface area contributed by atoms with Crippen LogP contribution in [0.15, 0.2) is 42.6 Å². The Balaban J connectivity index is 1.11. The number of carbonyl (C=O) groups excluding carboxylic acids is 5. The molecule has 11 nitrogen and oxygen atoms in total. The Bertz CT molecular complexity index is 2110. The van der Waals surface area contributed by atoms with Crippen LogP contribution in [0.4, 0.5) is 24.5 Å². The number of piperidine rings is 1. The maximum absolute atomic E-state index is 13.4. The first kappa shape index (κ1) is 34.0. The fourth-order valence-electron chi connectivity index (χ4n) is 6.15. The number of fused-ring (bicyclic) bond motifs is 1. The van der Waals surface area contributed by atoms with E-state index >= 15 is 0 Å². The molecule has 0 saturated carbocycles. The zero-order chi connectivity index (χ0) is 36.1. The minimum Gasteiger partial charge on any atom is -0.369 e. The number of alkyl halides is 3. The standard InChI is InChI=1S/C36H31F3N6O5/c1-5-6-22-15-24(36(37,38)39)9-12-28(22)41-34(50)35(3,4)45-20(2)23(17-40-45)8-7-21-18-43(19-21)25-10-11-26-27(16-25)33(49)44(32(26)48)29-13-14-30(46)42-31(29)47/h9-12,15-17,21,29H,13-14,18-19H2,1-4H3,(H,41,50)(H,42,46,47). The molecule has 2 N–H and O–H groups in total. The van der Waals surface area contributed by atoms with Crippen molar-refractivity contribution < 1.29 is 37.1 Å². The Morgan fingerprint density at radius 2 is 1.70 bits per heavy atom. The van der Waals surface area contributed by atoms with Crippen molar-refractivity contribution in [2.45, 2.75) is 58.3 Å². The zero-order valence-electron chi connectivity index (χ0n) is 27.5. The first-order valence-corrected chi connectivity index (χ1v) is 15.7. The number of hydrogen-bond acceptors (Lipinski definition) is 7. The molecule has 2 fully saturated rings. The Morgan fingerprint density at radius 1 is 0.980 bits per heavy atom. The van der Waals surface area contributed by atoms with Gasteiger partial charge in [0.1, 0.15) is 11.6 Å². The third kappa shape index (κ3) is 6.09. The van der Waals surface area contributed by atoms with Gasteiger partial charge in [0.15, 0.2) is 0 Å². The Labute approximate surface area is 285 Å². The zero-order valence-corrected chi connectivity index (χ0v) is 27.5. The Hall–Kier alpha value is -5.89. The lowest BCUT2D eigenvalue weighted by molar-refractivity contribution is -0.138. The highest BCUT2D eigenvalue weighted by Crippen LogP contribution is 2.34. The van der Waals surface area contributed by atoms with E-state index in [0.29, 0.717) is 24.3 Å².